The normalized spacial score (nSPS) is 21.6. The second-order valence-electron chi connectivity index (χ2n) is 6.01. The minimum absolute atomic E-state index is 0.0866. The van der Waals surface area contributed by atoms with E-state index < -0.39 is 0 Å². The van der Waals surface area contributed by atoms with Crippen LogP contribution >= 0.6 is 11.3 Å². The Labute approximate surface area is 136 Å². The fraction of sp³-hybridized carbons (Fsp3) is 0.750. The number of aryl methyl sites for hydroxylation is 2. The zero-order valence-electron chi connectivity index (χ0n) is 13.5. The number of hydrogen-bond acceptors (Lipinski definition) is 4. The summed E-state index contributed by atoms with van der Waals surface area (Å²) < 4.78 is 0. The van der Waals surface area contributed by atoms with Gasteiger partial charge in [0.1, 0.15) is 0 Å². The van der Waals surface area contributed by atoms with Gasteiger partial charge in [0, 0.05) is 30.5 Å². The molecule has 0 saturated heterocycles. The SMILES string of the molecule is CCc1nc(CCNC(=O)NC2CCC(CO)CC2)sc1C. The van der Waals surface area contributed by atoms with Crippen LogP contribution < -0.4 is 10.6 Å². The third-order valence-electron chi connectivity index (χ3n) is 4.34. The Morgan fingerprint density at radius 2 is 2.09 bits per heavy atom. The van der Waals surface area contributed by atoms with Crippen molar-refractivity contribution < 1.29 is 9.90 Å². The van der Waals surface area contributed by atoms with E-state index in [2.05, 4.69) is 29.5 Å². The number of thiazole rings is 1. The standard InChI is InChI=1S/C16H27N3O2S/c1-3-14-11(2)22-15(19-14)8-9-17-16(21)18-13-6-4-12(10-20)5-7-13/h12-13,20H,3-10H2,1-2H3,(H2,17,18,21). The fourth-order valence-electron chi connectivity index (χ4n) is 2.93. The summed E-state index contributed by atoms with van der Waals surface area (Å²) in [4.78, 5) is 17.8. The van der Waals surface area contributed by atoms with Crippen LogP contribution in [0.2, 0.25) is 0 Å². The molecule has 0 bridgehead atoms. The van der Waals surface area contributed by atoms with Gasteiger partial charge in [-0.1, -0.05) is 6.92 Å². The minimum atomic E-state index is -0.0866. The molecule has 1 heterocycles. The molecule has 1 aromatic rings. The van der Waals surface area contributed by atoms with Crippen LogP contribution in [0, 0.1) is 12.8 Å². The largest absolute Gasteiger partial charge is 0.396 e. The predicted molar refractivity (Wildman–Crippen MR) is 89.3 cm³/mol. The van der Waals surface area contributed by atoms with Gasteiger partial charge >= 0.3 is 6.03 Å². The van der Waals surface area contributed by atoms with Crippen molar-refractivity contribution in [3.8, 4) is 0 Å². The highest BCUT2D eigenvalue weighted by molar-refractivity contribution is 7.11. The number of aliphatic hydroxyl groups is 1. The lowest BCUT2D eigenvalue weighted by molar-refractivity contribution is 0.174. The van der Waals surface area contributed by atoms with Crippen molar-refractivity contribution in [3.05, 3.63) is 15.6 Å². The average Bonchev–Trinajstić information content (AvgIpc) is 2.88. The molecule has 1 aromatic heterocycles. The summed E-state index contributed by atoms with van der Waals surface area (Å²) >= 11 is 1.72. The zero-order valence-corrected chi connectivity index (χ0v) is 14.3. The van der Waals surface area contributed by atoms with Crippen molar-refractivity contribution in [2.45, 2.75) is 58.4 Å². The third kappa shape index (κ3) is 4.95. The minimum Gasteiger partial charge on any atom is -0.396 e. The van der Waals surface area contributed by atoms with E-state index in [-0.39, 0.29) is 18.7 Å². The summed E-state index contributed by atoms with van der Waals surface area (Å²) in [5, 5.41) is 16.2. The maximum absolute atomic E-state index is 11.9. The van der Waals surface area contributed by atoms with E-state index in [1.54, 1.807) is 11.3 Å². The second kappa shape index (κ2) is 8.48. The second-order valence-corrected chi connectivity index (χ2v) is 7.30. The van der Waals surface area contributed by atoms with Gasteiger partial charge in [-0.2, -0.15) is 0 Å². The number of urea groups is 1. The summed E-state index contributed by atoms with van der Waals surface area (Å²) in [6.45, 7) is 5.10. The van der Waals surface area contributed by atoms with E-state index in [1.165, 1.54) is 10.6 Å². The molecular formula is C16H27N3O2S. The Balaban J connectivity index is 1.65. The van der Waals surface area contributed by atoms with Gasteiger partial charge in [0.25, 0.3) is 0 Å². The first-order valence-electron chi connectivity index (χ1n) is 8.22. The summed E-state index contributed by atoms with van der Waals surface area (Å²) in [6.07, 6.45) is 5.68. The number of amides is 2. The molecule has 0 atom stereocenters. The quantitative estimate of drug-likeness (QED) is 0.752. The Bertz CT molecular complexity index is 482. The molecule has 1 fully saturated rings. The molecule has 0 unspecified atom stereocenters. The van der Waals surface area contributed by atoms with Crippen LogP contribution in [0.15, 0.2) is 0 Å². The number of carbonyl (C=O) groups excluding carboxylic acids is 1. The maximum atomic E-state index is 11.9. The van der Waals surface area contributed by atoms with Crippen molar-refractivity contribution in [3.63, 3.8) is 0 Å². The van der Waals surface area contributed by atoms with Gasteiger partial charge in [-0.05, 0) is 44.9 Å². The molecule has 6 heteroatoms. The lowest BCUT2D eigenvalue weighted by Gasteiger charge is -2.27. The number of hydrogen-bond donors (Lipinski definition) is 3. The van der Waals surface area contributed by atoms with Crippen LogP contribution in [-0.2, 0) is 12.8 Å². The van der Waals surface area contributed by atoms with Crippen LogP contribution in [0.5, 0.6) is 0 Å². The smallest absolute Gasteiger partial charge is 0.315 e. The number of aromatic nitrogens is 1. The van der Waals surface area contributed by atoms with Crippen LogP contribution in [0.25, 0.3) is 0 Å². The fourth-order valence-corrected chi connectivity index (χ4v) is 3.95. The molecule has 1 aliphatic rings. The molecule has 0 radical (unpaired) electrons. The molecule has 2 rings (SSSR count). The molecule has 1 aliphatic carbocycles. The zero-order chi connectivity index (χ0) is 15.9. The highest BCUT2D eigenvalue weighted by Gasteiger charge is 2.21. The summed E-state index contributed by atoms with van der Waals surface area (Å²) in [5.74, 6) is 0.419. The van der Waals surface area contributed by atoms with Crippen molar-refractivity contribution in [2.75, 3.05) is 13.2 Å². The Hall–Kier alpha value is -1.14. The molecule has 0 aliphatic heterocycles. The van der Waals surface area contributed by atoms with Gasteiger partial charge in [0.15, 0.2) is 0 Å². The molecule has 22 heavy (non-hydrogen) atoms. The van der Waals surface area contributed by atoms with E-state index in [4.69, 9.17) is 5.11 Å². The molecule has 2 amide bonds. The van der Waals surface area contributed by atoms with E-state index in [9.17, 15) is 4.79 Å². The highest BCUT2D eigenvalue weighted by atomic mass is 32.1. The molecular weight excluding hydrogens is 298 g/mol. The summed E-state index contributed by atoms with van der Waals surface area (Å²) in [5.41, 5.74) is 1.17. The molecule has 0 spiro atoms. The maximum Gasteiger partial charge on any atom is 0.315 e. The van der Waals surface area contributed by atoms with Crippen molar-refractivity contribution >= 4 is 17.4 Å². The topological polar surface area (TPSA) is 74.2 Å². The van der Waals surface area contributed by atoms with Gasteiger partial charge < -0.3 is 15.7 Å². The molecule has 3 N–H and O–H groups in total. The lowest BCUT2D eigenvalue weighted by atomic mass is 9.87. The van der Waals surface area contributed by atoms with Crippen molar-refractivity contribution in [2.24, 2.45) is 5.92 Å². The number of aliphatic hydroxyl groups excluding tert-OH is 1. The van der Waals surface area contributed by atoms with E-state index >= 15 is 0 Å². The number of nitrogens with one attached hydrogen (secondary N) is 2. The average molecular weight is 325 g/mol. The first-order chi connectivity index (χ1) is 10.6. The van der Waals surface area contributed by atoms with Crippen molar-refractivity contribution in [1.82, 2.24) is 15.6 Å². The molecule has 0 aromatic carbocycles. The van der Waals surface area contributed by atoms with Gasteiger partial charge in [0.2, 0.25) is 0 Å². The monoisotopic (exact) mass is 325 g/mol. The van der Waals surface area contributed by atoms with Gasteiger partial charge in [-0.25, -0.2) is 9.78 Å². The molecule has 1 saturated carbocycles. The van der Waals surface area contributed by atoms with Gasteiger partial charge in [-0.15, -0.1) is 11.3 Å². The van der Waals surface area contributed by atoms with Crippen LogP contribution in [-0.4, -0.2) is 35.3 Å². The Morgan fingerprint density at radius 1 is 1.36 bits per heavy atom. The molecule has 124 valence electrons. The first-order valence-corrected chi connectivity index (χ1v) is 9.04. The third-order valence-corrected chi connectivity index (χ3v) is 5.41. The highest BCUT2D eigenvalue weighted by Crippen LogP contribution is 2.23. The Kier molecular flexibility index (Phi) is 6.64. The van der Waals surface area contributed by atoms with Crippen LogP contribution in [0.1, 0.15) is 48.2 Å². The van der Waals surface area contributed by atoms with Gasteiger partial charge in [0.05, 0.1) is 10.7 Å². The number of carbonyl (C=O) groups is 1. The van der Waals surface area contributed by atoms with E-state index in [0.29, 0.717) is 12.5 Å². The summed E-state index contributed by atoms with van der Waals surface area (Å²) in [7, 11) is 0. The first kappa shape index (κ1) is 17.2. The number of rotatable bonds is 6. The summed E-state index contributed by atoms with van der Waals surface area (Å²) in [6, 6.07) is 0.160. The van der Waals surface area contributed by atoms with E-state index in [0.717, 1.165) is 43.5 Å². The lowest BCUT2D eigenvalue weighted by Crippen LogP contribution is -2.44. The van der Waals surface area contributed by atoms with Gasteiger partial charge in [-0.3, -0.25) is 0 Å². The Morgan fingerprint density at radius 3 is 2.68 bits per heavy atom. The number of nitrogens with zero attached hydrogens (tertiary/aromatic N) is 1. The van der Waals surface area contributed by atoms with E-state index in [1.807, 2.05) is 0 Å². The van der Waals surface area contributed by atoms with Crippen LogP contribution in [0.3, 0.4) is 0 Å². The molecule has 5 nitrogen and oxygen atoms in total. The van der Waals surface area contributed by atoms with Crippen molar-refractivity contribution in [1.29, 1.82) is 0 Å². The van der Waals surface area contributed by atoms with Crippen LogP contribution in [0.4, 0.5) is 4.79 Å². The predicted octanol–water partition coefficient (Wildman–Crippen LogP) is 2.41.